The summed E-state index contributed by atoms with van der Waals surface area (Å²) < 4.78 is 28.5. The number of carbonyl (C=O) groups excluding carboxylic acids is 1. The molecule has 2 unspecified atom stereocenters. The smallest absolute Gasteiger partial charge is 0.343 e. The van der Waals surface area contributed by atoms with Crippen LogP contribution in [0.25, 0.3) is 0 Å². The Morgan fingerprint density at radius 1 is 1.33 bits per heavy atom. The number of esters is 1. The van der Waals surface area contributed by atoms with Gasteiger partial charge in [-0.1, -0.05) is 13.0 Å². The van der Waals surface area contributed by atoms with Gasteiger partial charge in [-0.05, 0) is 97.9 Å². The van der Waals surface area contributed by atoms with Crippen molar-refractivity contribution >= 4 is 23.6 Å². The Balaban J connectivity index is 1.37. The molecule has 2 aromatic carbocycles. The van der Waals surface area contributed by atoms with Gasteiger partial charge >= 0.3 is 5.97 Å². The molecule has 2 heterocycles. The third-order valence-corrected chi connectivity index (χ3v) is 8.13. The van der Waals surface area contributed by atoms with Crippen LogP contribution in [0.5, 0.6) is 5.75 Å². The lowest BCUT2D eigenvalue weighted by atomic mass is 9.91. The largest absolute Gasteiger partial charge is 0.492 e. The van der Waals surface area contributed by atoms with Crippen molar-refractivity contribution in [3.63, 3.8) is 0 Å². The standard InChI is InChI=1S/C26H31FN2O3S/c1-3-29-10-4-5-16(14-29)11-17-12-19(27)6-9-23(17)33-28-22-8-7-20-21-13-18(21)15-32-25(20)24(22)26(30)31-2/h6-9,12,16,18,21,28H,3-5,10-11,13-15H2,1-2H3/t16?,18-,21?/m0/s1. The van der Waals surface area contributed by atoms with Gasteiger partial charge in [-0.25, -0.2) is 9.18 Å². The number of carbonyl (C=O) groups is 1. The molecule has 7 heteroatoms. The molecule has 0 radical (unpaired) electrons. The topological polar surface area (TPSA) is 50.8 Å². The SMILES string of the molecule is CCN1CCCC(Cc2cc(F)ccc2SNc2ccc3c(c2C(=O)OC)OC[C@@H]2CC32)C1. The molecule has 2 aromatic rings. The highest BCUT2D eigenvalue weighted by atomic mass is 32.2. The van der Waals surface area contributed by atoms with Gasteiger partial charge in [0.2, 0.25) is 0 Å². The van der Waals surface area contributed by atoms with Crippen molar-refractivity contribution in [1.82, 2.24) is 4.90 Å². The zero-order chi connectivity index (χ0) is 22.9. The van der Waals surface area contributed by atoms with Crippen molar-refractivity contribution < 1.29 is 18.7 Å². The molecule has 5 rings (SSSR count). The number of rotatable bonds is 7. The van der Waals surface area contributed by atoms with Crippen LogP contribution in [-0.4, -0.2) is 44.2 Å². The number of hydrogen-bond acceptors (Lipinski definition) is 6. The number of piperidine rings is 1. The van der Waals surface area contributed by atoms with Crippen LogP contribution in [0.1, 0.15) is 53.6 Å². The van der Waals surface area contributed by atoms with Crippen LogP contribution in [0.4, 0.5) is 10.1 Å². The normalized spacial score (nSPS) is 23.8. The molecule has 1 N–H and O–H groups in total. The maximum absolute atomic E-state index is 14.1. The molecule has 5 nitrogen and oxygen atoms in total. The third-order valence-electron chi connectivity index (χ3n) is 7.19. The maximum Gasteiger partial charge on any atom is 0.343 e. The Bertz CT molecular complexity index is 1050. The van der Waals surface area contributed by atoms with E-state index in [2.05, 4.69) is 22.6 Å². The first-order valence-corrected chi connectivity index (χ1v) is 12.7. The van der Waals surface area contributed by atoms with Crippen molar-refractivity contribution in [3.05, 3.63) is 52.8 Å². The van der Waals surface area contributed by atoms with Gasteiger partial charge in [0, 0.05) is 17.4 Å². The second-order valence-corrected chi connectivity index (χ2v) is 10.2. The fourth-order valence-electron chi connectivity index (χ4n) is 5.27. The first-order chi connectivity index (χ1) is 16.1. The summed E-state index contributed by atoms with van der Waals surface area (Å²) in [4.78, 5) is 16.1. The summed E-state index contributed by atoms with van der Waals surface area (Å²) in [5.41, 5.74) is 3.21. The highest BCUT2D eigenvalue weighted by molar-refractivity contribution is 8.00. The lowest BCUT2D eigenvalue weighted by Crippen LogP contribution is -2.36. The number of nitrogens with zero attached hydrogens (tertiary/aromatic N) is 1. The first kappa shape index (κ1) is 22.5. The molecule has 176 valence electrons. The minimum Gasteiger partial charge on any atom is -0.492 e. The molecule has 3 aliphatic rings. The van der Waals surface area contributed by atoms with Crippen molar-refractivity contribution in [3.8, 4) is 5.75 Å². The van der Waals surface area contributed by atoms with Gasteiger partial charge in [0.15, 0.2) is 0 Å². The third kappa shape index (κ3) is 4.71. The Hall–Kier alpha value is -2.25. The van der Waals surface area contributed by atoms with Gasteiger partial charge in [-0.15, -0.1) is 0 Å². The molecular weight excluding hydrogens is 439 g/mol. The minimum atomic E-state index is -0.407. The molecule has 1 saturated heterocycles. The van der Waals surface area contributed by atoms with Crippen molar-refractivity contribution in [2.24, 2.45) is 11.8 Å². The summed E-state index contributed by atoms with van der Waals surface area (Å²) in [6.45, 7) is 6.11. The Labute approximate surface area is 199 Å². The summed E-state index contributed by atoms with van der Waals surface area (Å²) in [5, 5.41) is 0. The first-order valence-electron chi connectivity index (χ1n) is 11.9. The number of anilines is 1. The van der Waals surface area contributed by atoms with Crippen molar-refractivity contribution in [2.45, 2.75) is 43.4 Å². The second kappa shape index (κ2) is 9.55. The molecule has 2 fully saturated rings. The van der Waals surface area contributed by atoms with E-state index in [0.717, 1.165) is 48.5 Å². The summed E-state index contributed by atoms with van der Waals surface area (Å²) >= 11 is 1.41. The number of ether oxygens (including phenoxy) is 2. The molecule has 1 aliphatic carbocycles. The van der Waals surface area contributed by atoms with E-state index < -0.39 is 5.97 Å². The number of fused-ring (bicyclic) bond motifs is 3. The molecule has 1 saturated carbocycles. The molecule has 0 aromatic heterocycles. The van der Waals surface area contributed by atoms with Gasteiger partial charge in [0.25, 0.3) is 0 Å². The highest BCUT2D eigenvalue weighted by Crippen LogP contribution is 2.55. The Morgan fingerprint density at radius 3 is 3.03 bits per heavy atom. The maximum atomic E-state index is 14.1. The molecule has 0 bridgehead atoms. The van der Waals surface area contributed by atoms with E-state index >= 15 is 0 Å². The number of nitrogens with one attached hydrogen (secondary N) is 1. The van der Waals surface area contributed by atoms with Gasteiger partial charge in [-0.2, -0.15) is 0 Å². The summed E-state index contributed by atoms with van der Waals surface area (Å²) in [5.74, 6) is 1.60. The monoisotopic (exact) mass is 470 g/mol. The van der Waals surface area contributed by atoms with Crippen LogP contribution < -0.4 is 9.46 Å². The second-order valence-electron chi connectivity index (χ2n) is 9.37. The Kier molecular flexibility index (Phi) is 6.52. The predicted molar refractivity (Wildman–Crippen MR) is 129 cm³/mol. The quantitative estimate of drug-likeness (QED) is 0.426. The number of benzene rings is 2. The van der Waals surface area contributed by atoms with Crippen molar-refractivity contribution in [2.75, 3.05) is 38.1 Å². The van der Waals surface area contributed by atoms with Gasteiger partial charge < -0.3 is 19.1 Å². The zero-order valence-electron chi connectivity index (χ0n) is 19.2. The van der Waals surface area contributed by atoms with Crippen LogP contribution in [0.15, 0.2) is 35.2 Å². The fourth-order valence-corrected chi connectivity index (χ4v) is 6.07. The molecule has 33 heavy (non-hydrogen) atoms. The molecule has 3 atom stereocenters. The van der Waals surface area contributed by atoms with E-state index in [9.17, 15) is 9.18 Å². The molecule has 0 spiro atoms. The van der Waals surface area contributed by atoms with Crippen molar-refractivity contribution in [1.29, 1.82) is 0 Å². The van der Waals surface area contributed by atoms with E-state index in [4.69, 9.17) is 9.47 Å². The molecule has 0 amide bonds. The fraction of sp³-hybridized carbons (Fsp3) is 0.500. The molecule has 2 aliphatic heterocycles. The van der Waals surface area contributed by atoms with Crippen LogP contribution in [0, 0.1) is 17.7 Å². The minimum absolute atomic E-state index is 0.214. The Morgan fingerprint density at radius 2 is 2.21 bits per heavy atom. The van der Waals surface area contributed by atoms with Gasteiger partial charge in [-0.3, -0.25) is 0 Å². The van der Waals surface area contributed by atoms with Gasteiger partial charge in [0.1, 0.15) is 17.1 Å². The number of likely N-dealkylation sites (tertiary alicyclic amines) is 1. The highest BCUT2D eigenvalue weighted by Gasteiger charge is 2.45. The van der Waals surface area contributed by atoms with Crippen LogP contribution in [-0.2, 0) is 11.2 Å². The average molecular weight is 471 g/mol. The number of hydrogen-bond donors (Lipinski definition) is 1. The van der Waals surface area contributed by atoms with E-state index in [0.29, 0.717) is 41.4 Å². The number of methoxy groups -OCH3 is 1. The predicted octanol–water partition coefficient (Wildman–Crippen LogP) is 5.50. The van der Waals surface area contributed by atoms with E-state index in [1.54, 1.807) is 6.07 Å². The van der Waals surface area contributed by atoms with E-state index in [-0.39, 0.29) is 5.82 Å². The zero-order valence-corrected chi connectivity index (χ0v) is 20.1. The van der Waals surface area contributed by atoms with Gasteiger partial charge in [0.05, 0.1) is 19.4 Å². The summed E-state index contributed by atoms with van der Waals surface area (Å²) in [6, 6.07) is 8.97. The van der Waals surface area contributed by atoms with Crippen LogP contribution in [0.2, 0.25) is 0 Å². The summed E-state index contributed by atoms with van der Waals surface area (Å²) in [6.07, 6.45) is 4.32. The van der Waals surface area contributed by atoms with Crippen LogP contribution >= 0.6 is 11.9 Å². The molecular formula is C26H31FN2O3S. The van der Waals surface area contributed by atoms with E-state index in [1.165, 1.54) is 38.0 Å². The van der Waals surface area contributed by atoms with E-state index in [1.807, 2.05) is 12.1 Å². The van der Waals surface area contributed by atoms with Crippen LogP contribution in [0.3, 0.4) is 0 Å². The lowest BCUT2D eigenvalue weighted by Gasteiger charge is -2.32. The lowest BCUT2D eigenvalue weighted by molar-refractivity contribution is 0.0596. The number of halogens is 1. The average Bonchev–Trinajstić information content (AvgIpc) is 3.63. The summed E-state index contributed by atoms with van der Waals surface area (Å²) in [7, 11) is 1.39.